The lowest BCUT2D eigenvalue weighted by molar-refractivity contribution is 0.220. The van der Waals surface area contributed by atoms with Gasteiger partial charge in [-0.3, -0.25) is 4.90 Å². The van der Waals surface area contributed by atoms with Crippen LogP contribution in [0.3, 0.4) is 0 Å². The number of imidazole rings is 1. The van der Waals surface area contributed by atoms with Crippen LogP contribution in [0.5, 0.6) is 0 Å². The van der Waals surface area contributed by atoms with Crippen molar-refractivity contribution in [1.82, 2.24) is 24.4 Å². The predicted molar refractivity (Wildman–Crippen MR) is 129 cm³/mol. The van der Waals surface area contributed by atoms with E-state index >= 15 is 0 Å². The van der Waals surface area contributed by atoms with Gasteiger partial charge in [-0.05, 0) is 68.3 Å². The fourth-order valence-electron chi connectivity index (χ4n) is 4.58. The van der Waals surface area contributed by atoms with Gasteiger partial charge in [-0.15, -0.1) is 0 Å². The molecule has 0 bridgehead atoms. The SMILES string of the molecule is CCn1c(=S)[nH]c2cc3c(NCc4ccccc4CN4CCCCC4)ncnc3cc21. The van der Waals surface area contributed by atoms with Crippen LogP contribution in [0.1, 0.15) is 37.3 Å². The molecule has 2 aromatic carbocycles. The highest BCUT2D eigenvalue weighted by Crippen LogP contribution is 2.26. The summed E-state index contributed by atoms with van der Waals surface area (Å²) >= 11 is 5.47. The van der Waals surface area contributed by atoms with Crippen LogP contribution in [0.2, 0.25) is 0 Å². The smallest absolute Gasteiger partial charge is 0.178 e. The molecule has 5 rings (SSSR count). The van der Waals surface area contributed by atoms with Crippen molar-refractivity contribution in [3.05, 3.63) is 58.6 Å². The zero-order valence-corrected chi connectivity index (χ0v) is 18.7. The minimum absolute atomic E-state index is 0.736. The van der Waals surface area contributed by atoms with Crippen LogP contribution in [0.4, 0.5) is 5.82 Å². The van der Waals surface area contributed by atoms with E-state index in [1.807, 2.05) is 0 Å². The van der Waals surface area contributed by atoms with Gasteiger partial charge in [0.25, 0.3) is 0 Å². The van der Waals surface area contributed by atoms with Crippen molar-refractivity contribution in [3.8, 4) is 0 Å². The number of benzene rings is 2. The molecule has 0 atom stereocenters. The molecule has 3 heterocycles. The van der Waals surface area contributed by atoms with Gasteiger partial charge in [-0.25, -0.2) is 9.97 Å². The summed E-state index contributed by atoms with van der Waals surface area (Å²) in [7, 11) is 0. The number of piperidine rings is 1. The number of likely N-dealkylation sites (tertiary alicyclic amines) is 1. The van der Waals surface area contributed by atoms with E-state index in [-0.39, 0.29) is 0 Å². The highest BCUT2D eigenvalue weighted by atomic mass is 32.1. The second-order valence-electron chi connectivity index (χ2n) is 8.24. The van der Waals surface area contributed by atoms with Crippen molar-refractivity contribution >= 4 is 40.0 Å². The van der Waals surface area contributed by atoms with Crippen LogP contribution < -0.4 is 5.32 Å². The lowest BCUT2D eigenvalue weighted by Gasteiger charge is -2.27. The van der Waals surface area contributed by atoms with E-state index in [1.165, 1.54) is 43.5 Å². The van der Waals surface area contributed by atoms with Crippen molar-refractivity contribution in [1.29, 1.82) is 0 Å². The van der Waals surface area contributed by atoms with Gasteiger partial charge in [0.15, 0.2) is 4.77 Å². The van der Waals surface area contributed by atoms with Gasteiger partial charge in [-0.1, -0.05) is 30.7 Å². The van der Waals surface area contributed by atoms with Gasteiger partial charge in [0.2, 0.25) is 0 Å². The fourth-order valence-corrected chi connectivity index (χ4v) is 4.92. The van der Waals surface area contributed by atoms with Crippen LogP contribution >= 0.6 is 12.2 Å². The Bertz CT molecular complexity index is 1270. The fraction of sp³-hybridized carbons (Fsp3) is 0.375. The zero-order valence-electron chi connectivity index (χ0n) is 17.9. The van der Waals surface area contributed by atoms with Crippen LogP contribution in [0, 0.1) is 4.77 Å². The Kier molecular flexibility index (Phi) is 5.70. The highest BCUT2D eigenvalue weighted by Gasteiger charge is 2.13. The summed E-state index contributed by atoms with van der Waals surface area (Å²) < 4.78 is 2.83. The molecular weight excluding hydrogens is 404 g/mol. The third kappa shape index (κ3) is 4.07. The minimum atomic E-state index is 0.736. The molecule has 0 unspecified atom stereocenters. The number of aromatic nitrogens is 4. The first-order chi connectivity index (χ1) is 15.2. The Morgan fingerprint density at radius 2 is 1.87 bits per heavy atom. The Morgan fingerprint density at radius 1 is 1.06 bits per heavy atom. The van der Waals surface area contributed by atoms with Gasteiger partial charge in [0.05, 0.1) is 16.6 Å². The van der Waals surface area contributed by atoms with Gasteiger partial charge < -0.3 is 14.9 Å². The number of anilines is 1. The highest BCUT2D eigenvalue weighted by molar-refractivity contribution is 7.71. The van der Waals surface area contributed by atoms with Gasteiger partial charge in [-0.2, -0.15) is 0 Å². The quantitative estimate of drug-likeness (QED) is 0.407. The predicted octanol–water partition coefficient (Wildman–Crippen LogP) is 5.26. The molecule has 0 radical (unpaired) electrons. The third-order valence-electron chi connectivity index (χ3n) is 6.25. The maximum absolute atomic E-state index is 5.47. The summed E-state index contributed by atoms with van der Waals surface area (Å²) in [5.41, 5.74) is 5.72. The van der Waals surface area contributed by atoms with Crippen molar-refractivity contribution in [2.24, 2.45) is 0 Å². The molecule has 0 aliphatic carbocycles. The maximum atomic E-state index is 5.47. The van der Waals surface area contributed by atoms with E-state index in [1.54, 1.807) is 6.33 Å². The molecule has 160 valence electrons. The Labute approximate surface area is 187 Å². The van der Waals surface area contributed by atoms with E-state index in [0.717, 1.165) is 52.2 Å². The Hall–Kier alpha value is -2.77. The van der Waals surface area contributed by atoms with Crippen LogP contribution in [-0.4, -0.2) is 37.5 Å². The molecule has 0 spiro atoms. The van der Waals surface area contributed by atoms with Crippen LogP contribution in [0.15, 0.2) is 42.7 Å². The third-order valence-corrected chi connectivity index (χ3v) is 6.58. The standard InChI is InChI=1S/C24H28N6S/c1-2-30-22-13-20-19(12-21(22)28-24(30)31)23(27-16-26-20)25-14-17-8-4-5-9-18(17)15-29-10-6-3-7-11-29/h4-5,8-9,12-13,16H,2-3,6-7,10-11,14-15H2,1H3,(H,28,31)(H,25,26,27). The van der Waals surface area contributed by atoms with Crippen LogP contribution in [0.25, 0.3) is 21.9 Å². The molecule has 7 heteroatoms. The maximum Gasteiger partial charge on any atom is 0.178 e. The molecule has 1 fully saturated rings. The molecule has 31 heavy (non-hydrogen) atoms. The van der Waals surface area contributed by atoms with Crippen LogP contribution in [-0.2, 0) is 19.6 Å². The first-order valence-electron chi connectivity index (χ1n) is 11.1. The molecule has 1 aliphatic rings. The summed E-state index contributed by atoms with van der Waals surface area (Å²) in [6.07, 6.45) is 5.61. The number of H-pyrrole nitrogens is 1. The second-order valence-corrected chi connectivity index (χ2v) is 8.63. The summed E-state index contributed by atoms with van der Waals surface area (Å²) in [4.78, 5) is 14.9. The number of aromatic amines is 1. The summed E-state index contributed by atoms with van der Waals surface area (Å²) in [5, 5.41) is 4.57. The summed E-state index contributed by atoms with van der Waals surface area (Å²) in [6.45, 7) is 7.08. The number of nitrogens with zero attached hydrogens (tertiary/aromatic N) is 4. The molecule has 4 aromatic rings. The molecule has 0 saturated carbocycles. The molecule has 1 saturated heterocycles. The van der Waals surface area contributed by atoms with E-state index in [0.29, 0.717) is 0 Å². The first-order valence-corrected chi connectivity index (χ1v) is 11.5. The van der Waals surface area contributed by atoms with E-state index < -0.39 is 0 Å². The normalized spacial score (nSPS) is 15.0. The minimum Gasteiger partial charge on any atom is -0.365 e. The number of fused-ring (bicyclic) bond motifs is 2. The second kappa shape index (κ2) is 8.77. The topological polar surface area (TPSA) is 61.8 Å². The summed E-state index contributed by atoms with van der Waals surface area (Å²) in [5.74, 6) is 0.850. The van der Waals surface area contributed by atoms with Crippen molar-refractivity contribution < 1.29 is 0 Å². The monoisotopic (exact) mass is 432 g/mol. The molecule has 0 amide bonds. The number of nitrogens with one attached hydrogen (secondary N) is 2. The Morgan fingerprint density at radius 3 is 2.68 bits per heavy atom. The number of aryl methyl sites for hydroxylation is 1. The molecule has 2 aromatic heterocycles. The number of rotatable bonds is 6. The lowest BCUT2D eigenvalue weighted by Crippen LogP contribution is -2.29. The van der Waals surface area contributed by atoms with E-state index in [4.69, 9.17) is 12.2 Å². The molecular formula is C24H28N6S. The van der Waals surface area contributed by atoms with Gasteiger partial charge in [0.1, 0.15) is 12.1 Å². The van der Waals surface area contributed by atoms with Crippen molar-refractivity contribution in [2.75, 3.05) is 18.4 Å². The lowest BCUT2D eigenvalue weighted by atomic mass is 10.0. The first kappa shape index (κ1) is 20.2. The van der Waals surface area contributed by atoms with Gasteiger partial charge in [0, 0.05) is 25.0 Å². The van der Waals surface area contributed by atoms with E-state index in [2.05, 4.69) is 73.1 Å². The average Bonchev–Trinajstić information content (AvgIpc) is 3.11. The van der Waals surface area contributed by atoms with Gasteiger partial charge >= 0.3 is 0 Å². The van der Waals surface area contributed by atoms with Crippen molar-refractivity contribution in [3.63, 3.8) is 0 Å². The summed E-state index contributed by atoms with van der Waals surface area (Å²) in [6, 6.07) is 12.9. The number of hydrogen-bond acceptors (Lipinski definition) is 5. The van der Waals surface area contributed by atoms with E-state index in [9.17, 15) is 0 Å². The number of hydrogen-bond donors (Lipinski definition) is 2. The largest absolute Gasteiger partial charge is 0.365 e. The average molecular weight is 433 g/mol. The molecule has 2 N–H and O–H groups in total. The molecule has 1 aliphatic heterocycles. The molecule has 6 nitrogen and oxygen atoms in total. The Balaban J connectivity index is 1.42. The van der Waals surface area contributed by atoms with Crippen molar-refractivity contribution in [2.45, 2.75) is 45.8 Å². The zero-order chi connectivity index (χ0) is 21.2.